The molecule has 5 aliphatic rings. The number of ether oxygens (including phenoxy) is 1. The largest absolute Gasteiger partial charge is 0.369 e. The average molecular weight is 444 g/mol. The number of carbonyl (C=O) groups excluding carboxylic acids is 1. The van der Waals surface area contributed by atoms with Crippen LogP contribution in [0.5, 0.6) is 0 Å². The number of fused-ring (bicyclic) bond motifs is 2. The van der Waals surface area contributed by atoms with Gasteiger partial charge >= 0.3 is 0 Å². The molecular formula is C26H29N5O2. The summed E-state index contributed by atoms with van der Waals surface area (Å²) < 4.78 is 8.84. The first-order valence-electron chi connectivity index (χ1n) is 12.0. The van der Waals surface area contributed by atoms with Crippen molar-refractivity contribution in [1.29, 1.82) is 5.26 Å². The van der Waals surface area contributed by atoms with Crippen molar-refractivity contribution in [2.45, 2.75) is 51.0 Å². The third-order valence-electron chi connectivity index (χ3n) is 7.73. The zero-order chi connectivity index (χ0) is 22.4. The minimum Gasteiger partial charge on any atom is -0.369 e. The van der Waals surface area contributed by atoms with Crippen LogP contribution in [0.1, 0.15) is 36.1 Å². The summed E-state index contributed by atoms with van der Waals surface area (Å²) in [6, 6.07) is 8.72. The number of carbonyl (C=O) groups is 1. The number of aromatic nitrogens is 2. The second kappa shape index (κ2) is 8.44. The molecule has 0 radical (unpaired) electrons. The molecule has 1 saturated heterocycles. The number of hydrogen-bond donors (Lipinski definition) is 0. The molecule has 2 aliphatic carbocycles. The Labute approximate surface area is 194 Å². The van der Waals surface area contributed by atoms with Crippen LogP contribution in [0.3, 0.4) is 0 Å². The van der Waals surface area contributed by atoms with Gasteiger partial charge in [-0.3, -0.25) is 9.69 Å². The van der Waals surface area contributed by atoms with Gasteiger partial charge in [0.2, 0.25) is 5.91 Å². The second-order valence-electron chi connectivity index (χ2n) is 9.83. The first-order chi connectivity index (χ1) is 16.2. The van der Waals surface area contributed by atoms with Gasteiger partial charge in [-0.25, -0.2) is 4.98 Å². The fraction of sp³-hybridized carbons (Fsp3) is 0.500. The Hall–Kier alpha value is -2.95. The Morgan fingerprint density at radius 2 is 2.12 bits per heavy atom. The van der Waals surface area contributed by atoms with Gasteiger partial charge in [0.15, 0.2) is 0 Å². The van der Waals surface area contributed by atoms with Gasteiger partial charge in [-0.15, -0.1) is 0 Å². The molecule has 1 aromatic carbocycles. The standard InChI is InChI=1S/C26H29N5O2/c27-12-20-5-4-18-10-25(20)33-22-7-6-19-2-1-3-24(23(19)11-22)31-9-8-29(16-26(31)32)15-21-13-28-17-30(21)14-18/h1-3,6-7,13,17-18,20,22,25H,4-5,8-11,14-16H2. The number of hydrogen-bond acceptors (Lipinski definition) is 5. The summed E-state index contributed by atoms with van der Waals surface area (Å²) in [6.07, 6.45) is 11.5. The van der Waals surface area contributed by atoms with Crippen LogP contribution in [0.4, 0.5) is 5.69 Å². The maximum Gasteiger partial charge on any atom is 0.241 e. The highest BCUT2D eigenvalue weighted by Gasteiger charge is 2.35. The van der Waals surface area contributed by atoms with Crippen molar-refractivity contribution in [2.75, 3.05) is 24.5 Å². The lowest BCUT2D eigenvalue weighted by atomic mass is 9.80. The van der Waals surface area contributed by atoms with E-state index in [1.165, 1.54) is 5.56 Å². The molecule has 2 fully saturated rings. The molecule has 7 nitrogen and oxygen atoms in total. The molecule has 2 aromatic rings. The highest BCUT2D eigenvalue weighted by Crippen LogP contribution is 2.36. The summed E-state index contributed by atoms with van der Waals surface area (Å²) in [5.74, 6) is 0.524. The maximum atomic E-state index is 13.2. The topological polar surface area (TPSA) is 74.4 Å². The lowest BCUT2D eigenvalue weighted by molar-refractivity contribution is -0.121. The van der Waals surface area contributed by atoms with E-state index in [0.29, 0.717) is 19.0 Å². The lowest BCUT2D eigenvalue weighted by Gasteiger charge is -2.38. The molecule has 5 atom stereocenters. The van der Waals surface area contributed by atoms with Crippen molar-refractivity contribution in [3.63, 3.8) is 0 Å². The van der Waals surface area contributed by atoms with Gasteiger partial charge in [-0.05, 0) is 42.4 Å². The van der Waals surface area contributed by atoms with Crippen LogP contribution in [0, 0.1) is 23.2 Å². The molecule has 7 heteroatoms. The Balaban J connectivity index is 1.38. The number of anilines is 1. The minimum atomic E-state index is -0.0775. The van der Waals surface area contributed by atoms with Crippen molar-refractivity contribution in [3.05, 3.63) is 53.6 Å². The van der Waals surface area contributed by atoms with Crippen LogP contribution in [-0.2, 0) is 29.0 Å². The van der Waals surface area contributed by atoms with Gasteiger partial charge in [0.05, 0.1) is 42.8 Å². The van der Waals surface area contributed by atoms with E-state index in [2.05, 4.69) is 44.8 Å². The minimum absolute atomic E-state index is 0.0696. The Morgan fingerprint density at radius 3 is 3.00 bits per heavy atom. The van der Waals surface area contributed by atoms with E-state index in [9.17, 15) is 10.1 Å². The summed E-state index contributed by atoms with van der Waals surface area (Å²) in [5.41, 5.74) is 4.49. The first-order valence-corrected chi connectivity index (χ1v) is 12.0. The number of benzene rings is 1. The summed E-state index contributed by atoms with van der Waals surface area (Å²) >= 11 is 0. The zero-order valence-electron chi connectivity index (χ0n) is 18.8. The predicted octanol–water partition coefficient (Wildman–Crippen LogP) is 3.01. The number of piperazine rings is 1. The maximum absolute atomic E-state index is 13.2. The van der Waals surface area contributed by atoms with Crippen LogP contribution in [0.15, 0.2) is 36.8 Å². The first kappa shape index (κ1) is 20.6. The van der Waals surface area contributed by atoms with Gasteiger partial charge in [0, 0.05) is 44.5 Å². The predicted molar refractivity (Wildman–Crippen MR) is 124 cm³/mol. The van der Waals surface area contributed by atoms with E-state index in [0.717, 1.165) is 62.3 Å². The third kappa shape index (κ3) is 3.88. The molecule has 33 heavy (non-hydrogen) atoms. The Morgan fingerprint density at radius 1 is 1.18 bits per heavy atom. The second-order valence-corrected chi connectivity index (χ2v) is 9.83. The van der Waals surface area contributed by atoms with Crippen molar-refractivity contribution >= 4 is 17.7 Å². The molecule has 5 unspecified atom stereocenters. The van der Waals surface area contributed by atoms with Crippen molar-refractivity contribution in [2.24, 2.45) is 11.8 Å². The molecule has 4 heterocycles. The average Bonchev–Trinajstić information content (AvgIpc) is 3.25. The van der Waals surface area contributed by atoms with Crippen LogP contribution in [0.25, 0.3) is 6.08 Å². The quantitative estimate of drug-likeness (QED) is 0.626. The SMILES string of the molecule is N#CC1CCC2CC1OC1C=Cc3cccc(c3C1)N1CCN(CC1=O)Cc1cncn1C2. The molecule has 170 valence electrons. The molecule has 3 aliphatic heterocycles. The van der Waals surface area contributed by atoms with Gasteiger partial charge in [0.25, 0.3) is 0 Å². The fourth-order valence-corrected chi connectivity index (χ4v) is 5.96. The molecule has 1 aromatic heterocycles. The van der Waals surface area contributed by atoms with Crippen molar-refractivity contribution in [1.82, 2.24) is 14.5 Å². The molecule has 7 rings (SSSR count). The highest BCUT2D eigenvalue weighted by molar-refractivity contribution is 5.97. The highest BCUT2D eigenvalue weighted by atomic mass is 16.5. The number of rotatable bonds is 0. The molecule has 6 bridgehead atoms. The number of nitriles is 1. The van der Waals surface area contributed by atoms with Crippen LogP contribution in [0.2, 0.25) is 0 Å². The van der Waals surface area contributed by atoms with E-state index in [4.69, 9.17) is 4.74 Å². The third-order valence-corrected chi connectivity index (χ3v) is 7.73. The van der Waals surface area contributed by atoms with E-state index in [1.54, 1.807) is 0 Å². The van der Waals surface area contributed by atoms with E-state index in [1.807, 2.05) is 23.5 Å². The normalized spacial score (nSPS) is 31.2. The van der Waals surface area contributed by atoms with Crippen molar-refractivity contribution < 1.29 is 9.53 Å². The van der Waals surface area contributed by atoms with E-state index in [-0.39, 0.29) is 24.0 Å². The zero-order valence-corrected chi connectivity index (χ0v) is 18.8. The Kier molecular flexibility index (Phi) is 5.28. The summed E-state index contributed by atoms with van der Waals surface area (Å²) in [4.78, 5) is 21.8. The van der Waals surface area contributed by atoms with Gasteiger partial charge in [-0.1, -0.05) is 24.3 Å². The van der Waals surface area contributed by atoms with Crippen LogP contribution in [-0.4, -0.2) is 52.2 Å². The summed E-state index contributed by atoms with van der Waals surface area (Å²) in [5, 5.41) is 9.78. The lowest BCUT2D eigenvalue weighted by Crippen LogP contribution is -2.50. The van der Waals surface area contributed by atoms with Crippen molar-refractivity contribution in [3.8, 4) is 6.07 Å². The van der Waals surface area contributed by atoms with Crippen LogP contribution < -0.4 is 4.90 Å². The number of imidazole rings is 1. The van der Waals surface area contributed by atoms with E-state index < -0.39 is 0 Å². The molecule has 1 amide bonds. The summed E-state index contributed by atoms with van der Waals surface area (Å²) in [6.45, 7) is 3.55. The molecule has 0 N–H and O–H groups in total. The molecular weight excluding hydrogens is 414 g/mol. The van der Waals surface area contributed by atoms with Gasteiger partial charge in [0.1, 0.15) is 0 Å². The smallest absolute Gasteiger partial charge is 0.241 e. The number of amides is 1. The monoisotopic (exact) mass is 443 g/mol. The van der Waals surface area contributed by atoms with Gasteiger partial charge < -0.3 is 14.2 Å². The Bertz CT molecular complexity index is 1130. The van der Waals surface area contributed by atoms with Crippen LogP contribution >= 0.6 is 0 Å². The van der Waals surface area contributed by atoms with Gasteiger partial charge in [-0.2, -0.15) is 5.26 Å². The molecule has 0 spiro atoms. The van der Waals surface area contributed by atoms with E-state index >= 15 is 0 Å². The summed E-state index contributed by atoms with van der Waals surface area (Å²) in [7, 11) is 0. The molecule has 1 saturated carbocycles. The fourth-order valence-electron chi connectivity index (χ4n) is 5.96. The number of nitrogens with zero attached hydrogens (tertiary/aromatic N) is 5.